The Hall–Kier alpha value is -8.92. The van der Waals surface area contributed by atoms with E-state index in [1.54, 1.807) is 24.3 Å². The highest BCUT2D eigenvalue weighted by atomic mass is 15.2. The van der Waals surface area contributed by atoms with Crippen molar-refractivity contribution in [2.45, 2.75) is 90.4 Å². The van der Waals surface area contributed by atoms with Gasteiger partial charge in [0.1, 0.15) is 0 Å². The van der Waals surface area contributed by atoms with Gasteiger partial charge in [0.15, 0.2) is 0 Å². The smallest absolute Gasteiger partial charge is 0.252 e. The molecule has 2 nitrogen and oxygen atoms in total. The summed E-state index contributed by atoms with van der Waals surface area (Å²) in [6.07, 6.45) is 4.08. The summed E-state index contributed by atoms with van der Waals surface area (Å²) in [7, 11) is 0. The van der Waals surface area contributed by atoms with Crippen molar-refractivity contribution < 1.29 is 27.4 Å². The van der Waals surface area contributed by atoms with E-state index in [9.17, 15) is 21.9 Å². The predicted molar refractivity (Wildman–Crippen MR) is 356 cm³/mol. The standard InChI is InChI=1S/C80H71BN2/c1-79(2,3)64-50-66(57-34-20-10-21-35-57)77(67(51-64)58-36-22-11-23-37-58)82-72-46-61(54-28-14-7-15-29-54)42-44-70(72)81-71-45-43-62(55-30-16-8-17-31-55)47-73(71)83(75-49-63(48-74(82)76(75)81)56-32-18-9-19-33-56)78-68(59-38-24-12-25-39-59)52-65(80(4,5)6)53-69(78)60-40-26-13-27-41-60/h7-8,10-17,20-31,34-53,56H,9,18-19,32-33H2,1-6H3/i10D,11D,12D,13D,20D,21D,22D,23D,24D,25D,26D,27D,34D,35D,36D,37D,38D,39D,40D,41D. The molecule has 3 heteroatoms. The molecule has 0 atom stereocenters. The molecule has 0 radical (unpaired) electrons. The zero-order chi connectivity index (χ0) is 73.8. The van der Waals surface area contributed by atoms with Crippen molar-refractivity contribution in [2.75, 3.05) is 9.80 Å². The topological polar surface area (TPSA) is 6.48 Å². The van der Waals surface area contributed by atoms with Gasteiger partial charge in [0.25, 0.3) is 6.71 Å². The molecule has 1 fully saturated rings. The summed E-state index contributed by atoms with van der Waals surface area (Å²) in [6.45, 7) is 10.8. The van der Waals surface area contributed by atoms with Gasteiger partial charge in [-0.3, -0.25) is 0 Å². The molecule has 2 heterocycles. The van der Waals surface area contributed by atoms with Gasteiger partial charge in [0.05, 0.1) is 38.8 Å². The van der Waals surface area contributed by atoms with Gasteiger partial charge in [0, 0.05) is 45.0 Å². The summed E-state index contributed by atoms with van der Waals surface area (Å²) < 4.78 is 190. The van der Waals surface area contributed by atoms with Gasteiger partial charge in [-0.15, -0.1) is 0 Å². The number of hydrogen-bond acceptors (Lipinski definition) is 2. The first-order valence-corrected chi connectivity index (χ1v) is 28.6. The summed E-state index contributed by atoms with van der Waals surface area (Å²) >= 11 is 0. The number of benzene rings is 11. The molecule has 0 amide bonds. The minimum absolute atomic E-state index is 0.0721. The van der Waals surface area contributed by atoms with Gasteiger partial charge in [-0.05, 0) is 156 Å². The van der Waals surface area contributed by atoms with E-state index in [1.807, 2.05) is 148 Å². The largest absolute Gasteiger partial charge is 0.310 e. The average molecular weight is 1090 g/mol. The fourth-order valence-electron chi connectivity index (χ4n) is 12.7. The van der Waals surface area contributed by atoms with Crippen LogP contribution in [0.3, 0.4) is 0 Å². The van der Waals surface area contributed by atoms with E-state index in [-0.39, 0.29) is 61.8 Å². The Labute approximate surface area is 521 Å². The van der Waals surface area contributed by atoms with Crippen LogP contribution in [-0.4, -0.2) is 6.71 Å². The molecule has 404 valence electrons. The molecule has 0 bridgehead atoms. The van der Waals surface area contributed by atoms with Crippen molar-refractivity contribution in [3.8, 4) is 66.8 Å². The monoisotopic (exact) mass is 1090 g/mol. The normalized spacial score (nSPS) is 17.4. The summed E-state index contributed by atoms with van der Waals surface area (Å²) in [5.74, 6) is -0.167. The maximum absolute atomic E-state index is 9.95. The maximum Gasteiger partial charge on any atom is 0.252 e. The molecule has 11 aromatic carbocycles. The molecular formula is C80H71BN2. The van der Waals surface area contributed by atoms with Gasteiger partial charge in [-0.25, -0.2) is 0 Å². The van der Waals surface area contributed by atoms with Crippen LogP contribution in [0.1, 0.15) is 124 Å². The Balaban J connectivity index is 1.27. The first kappa shape index (κ1) is 34.5. The van der Waals surface area contributed by atoms with Crippen molar-refractivity contribution in [3.63, 3.8) is 0 Å². The molecular weight excluding hydrogens is 1000 g/mol. The van der Waals surface area contributed by atoms with Crippen molar-refractivity contribution in [1.29, 1.82) is 0 Å². The van der Waals surface area contributed by atoms with Crippen LogP contribution in [0.2, 0.25) is 0 Å². The predicted octanol–water partition coefficient (Wildman–Crippen LogP) is 20.4. The molecule has 0 N–H and O–H groups in total. The third-order valence-corrected chi connectivity index (χ3v) is 16.9. The first-order chi connectivity index (χ1) is 48.7. The van der Waals surface area contributed by atoms with E-state index in [4.69, 9.17) is 5.48 Å². The van der Waals surface area contributed by atoms with Crippen molar-refractivity contribution >= 4 is 57.2 Å². The number of fused-ring (bicyclic) bond motifs is 4. The molecule has 2 aliphatic heterocycles. The summed E-state index contributed by atoms with van der Waals surface area (Å²) in [5.41, 5.74) is 6.69. The van der Waals surface area contributed by atoms with Crippen LogP contribution in [0, 0.1) is 0 Å². The second kappa shape index (κ2) is 21.1. The quantitative estimate of drug-likeness (QED) is 0.133. The zero-order valence-electron chi connectivity index (χ0n) is 67.3. The lowest BCUT2D eigenvalue weighted by Gasteiger charge is -2.46. The number of nitrogens with zero attached hydrogens (tertiary/aromatic N) is 2. The molecule has 0 unspecified atom stereocenters. The Bertz CT molecular complexity index is 4810. The first-order valence-electron chi connectivity index (χ1n) is 38.6. The molecule has 11 aromatic rings. The fourth-order valence-corrected chi connectivity index (χ4v) is 12.7. The van der Waals surface area contributed by atoms with Gasteiger partial charge in [-0.2, -0.15) is 0 Å². The number of rotatable bonds is 9. The lowest BCUT2D eigenvalue weighted by Crippen LogP contribution is -2.61. The van der Waals surface area contributed by atoms with Crippen molar-refractivity contribution in [1.82, 2.24) is 0 Å². The van der Waals surface area contributed by atoms with Crippen LogP contribution < -0.4 is 26.2 Å². The second-order valence-electron chi connectivity index (χ2n) is 24.0. The highest BCUT2D eigenvalue weighted by Crippen LogP contribution is 2.55. The van der Waals surface area contributed by atoms with Crippen LogP contribution >= 0.6 is 0 Å². The van der Waals surface area contributed by atoms with Crippen LogP contribution in [0.15, 0.2) is 254 Å². The van der Waals surface area contributed by atoms with Crippen LogP contribution in [-0.2, 0) is 10.8 Å². The molecule has 83 heavy (non-hydrogen) atoms. The van der Waals surface area contributed by atoms with E-state index < -0.39 is 138 Å². The van der Waals surface area contributed by atoms with Gasteiger partial charge in [0.2, 0.25) is 0 Å². The van der Waals surface area contributed by atoms with E-state index in [2.05, 4.69) is 12.1 Å². The summed E-state index contributed by atoms with van der Waals surface area (Å²) in [4.78, 5) is 3.91. The maximum atomic E-state index is 9.95. The minimum Gasteiger partial charge on any atom is -0.310 e. The minimum atomic E-state index is -0.824. The Morgan fingerprint density at radius 2 is 0.711 bits per heavy atom. The number of hydrogen-bond donors (Lipinski definition) is 0. The zero-order valence-corrected chi connectivity index (χ0v) is 47.3. The SMILES string of the molecule is [2H]c1c([2H])c([2H])c(-c2cc(C(C)(C)C)cc(-c3c([2H])c([2H])c([2H])c([2H])c3[2H])c2N2c3cc(-c4ccccc4)ccc3B3c4ccc(-c5ccccc5)cc4N(c4c(-c5c([2H])c([2H])c([2H])c([2H])c5[2H])cc(C(C)(C)C)cc4-c4c([2H])c([2H])c([2H])c([2H])c4[2H])c4cc(C5CCCCC5)cc2c43)c([2H])c1[2H]. The molecule has 0 saturated heterocycles. The van der Waals surface area contributed by atoms with Crippen LogP contribution in [0.25, 0.3) is 66.8 Å². The van der Waals surface area contributed by atoms with E-state index in [0.717, 1.165) is 47.1 Å². The second-order valence-corrected chi connectivity index (χ2v) is 24.0. The Morgan fingerprint density at radius 3 is 1.05 bits per heavy atom. The van der Waals surface area contributed by atoms with Crippen molar-refractivity contribution in [3.05, 3.63) is 271 Å². The van der Waals surface area contributed by atoms with Gasteiger partial charge in [-0.1, -0.05) is 267 Å². The Kier molecular flexibility index (Phi) is 8.78. The molecule has 1 saturated carbocycles. The number of anilines is 6. The van der Waals surface area contributed by atoms with Crippen LogP contribution in [0.5, 0.6) is 0 Å². The third-order valence-electron chi connectivity index (χ3n) is 16.9. The molecule has 0 aromatic heterocycles. The lowest BCUT2D eigenvalue weighted by atomic mass is 9.33. The highest BCUT2D eigenvalue weighted by molar-refractivity contribution is 7.00. The van der Waals surface area contributed by atoms with E-state index in [1.165, 1.54) is 0 Å². The molecule has 3 aliphatic rings. The summed E-state index contributed by atoms with van der Waals surface area (Å²) in [5, 5.41) is 0. The highest BCUT2D eigenvalue weighted by Gasteiger charge is 2.46. The molecule has 0 spiro atoms. The van der Waals surface area contributed by atoms with Gasteiger partial charge >= 0.3 is 0 Å². The molecule has 14 rings (SSSR count). The fraction of sp³-hybridized carbons (Fsp3) is 0.175. The Morgan fingerprint density at radius 1 is 0.361 bits per heavy atom. The third kappa shape index (κ3) is 9.51. The van der Waals surface area contributed by atoms with Crippen LogP contribution in [0.4, 0.5) is 34.1 Å². The lowest BCUT2D eigenvalue weighted by molar-refractivity contribution is 0.444. The average Bonchev–Trinajstić information content (AvgIpc) is 0.685. The van der Waals surface area contributed by atoms with E-state index in [0.29, 0.717) is 63.1 Å². The van der Waals surface area contributed by atoms with E-state index >= 15 is 0 Å². The summed E-state index contributed by atoms with van der Waals surface area (Å²) in [6, 6.07) is 30.6. The van der Waals surface area contributed by atoms with Crippen molar-refractivity contribution in [2.24, 2.45) is 0 Å². The molecule has 1 aliphatic carbocycles. The van der Waals surface area contributed by atoms with Gasteiger partial charge < -0.3 is 9.80 Å².